The SMILES string of the molecule is CCCCC(=O)OCCc1ccc2ccccc2c1. The molecule has 0 radical (unpaired) electrons. The van der Waals surface area contributed by atoms with Crippen molar-refractivity contribution in [2.45, 2.75) is 32.6 Å². The summed E-state index contributed by atoms with van der Waals surface area (Å²) in [6, 6.07) is 14.7. The third-order valence-corrected chi connectivity index (χ3v) is 3.20. The fourth-order valence-corrected chi connectivity index (χ4v) is 2.07. The predicted molar refractivity (Wildman–Crippen MR) is 78.1 cm³/mol. The lowest BCUT2D eigenvalue weighted by atomic mass is 10.1. The van der Waals surface area contributed by atoms with Crippen molar-refractivity contribution in [2.24, 2.45) is 0 Å². The van der Waals surface area contributed by atoms with Crippen molar-refractivity contribution in [3.05, 3.63) is 48.0 Å². The number of carbonyl (C=O) groups excluding carboxylic acids is 1. The average molecular weight is 256 g/mol. The smallest absolute Gasteiger partial charge is 0.305 e. The highest BCUT2D eigenvalue weighted by Gasteiger charge is 2.02. The maximum atomic E-state index is 11.4. The molecule has 2 heteroatoms. The first-order chi connectivity index (χ1) is 9.29. The van der Waals surface area contributed by atoms with Crippen LogP contribution in [-0.2, 0) is 16.0 Å². The second kappa shape index (κ2) is 6.93. The average Bonchev–Trinajstić information content (AvgIpc) is 2.45. The molecule has 0 N–H and O–H groups in total. The minimum atomic E-state index is -0.0809. The van der Waals surface area contributed by atoms with E-state index in [0.29, 0.717) is 13.0 Å². The molecule has 19 heavy (non-hydrogen) atoms. The van der Waals surface area contributed by atoms with Gasteiger partial charge in [0.25, 0.3) is 0 Å². The highest BCUT2D eigenvalue weighted by Crippen LogP contribution is 2.16. The van der Waals surface area contributed by atoms with Crippen LogP contribution in [0.25, 0.3) is 10.8 Å². The van der Waals surface area contributed by atoms with E-state index in [2.05, 4.69) is 37.3 Å². The number of rotatable bonds is 6. The van der Waals surface area contributed by atoms with Crippen LogP contribution in [0.5, 0.6) is 0 Å². The second-order valence-corrected chi connectivity index (χ2v) is 4.76. The minimum absolute atomic E-state index is 0.0809. The molecule has 0 aliphatic rings. The van der Waals surface area contributed by atoms with Crippen LogP contribution in [0.2, 0.25) is 0 Å². The number of benzene rings is 2. The van der Waals surface area contributed by atoms with Gasteiger partial charge in [-0.25, -0.2) is 0 Å². The molecule has 100 valence electrons. The van der Waals surface area contributed by atoms with Crippen LogP contribution < -0.4 is 0 Å². The molecule has 2 aromatic rings. The molecule has 0 amide bonds. The predicted octanol–water partition coefficient (Wildman–Crippen LogP) is 4.12. The van der Waals surface area contributed by atoms with Crippen molar-refractivity contribution in [3.8, 4) is 0 Å². The fraction of sp³-hybridized carbons (Fsp3) is 0.353. The summed E-state index contributed by atoms with van der Waals surface area (Å²) in [4.78, 5) is 11.4. The molecule has 0 fully saturated rings. The second-order valence-electron chi connectivity index (χ2n) is 4.76. The van der Waals surface area contributed by atoms with Gasteiger partial charge in [-0.15, -0.1) is 0 Å². The Morgan fingerprint density at radius 2 is 1.89 bits per heavy atom. The molecule has 0 atom stereocenters. The first-order valence-electron chi connectivity index (χ1n) is 6.93. The molecule has 2 nitrogen and oxygen atoms in total. The van der Waals surface area contributed by atoms with Gasteiger partial charge in [-0.05, 0) is 22.8 Å². The molecule has 0 unspecified atom stereocenters. The van der Waals surface area contributed by atoms with E-state index in [-0.39, 0.29) is 5.97 Å². The Hall–Kier alpha value is -1.83. The van der Waals surface area contributed by atoms with Crippen LogP contribution >= 0.6 is 0 Å². The van der Waals surface area contributed by atoms with Crippen LogP contribution in [0.3, 0.4) is 0 Å². The zero-order valence-electron chi connectivity index (χ0n) is 11.4. The molecule has 2 rings (SSSR count). The van der Waals surface area contributed by atoms with Gasteiger partial charge < -0.3 is 4.74 Å². The molecule has 2 aromatic carbocycles. The van der Waals surface area contributed by atoms with E-state index in [4.69, 9.17) is 4.74 Å². The highest BCUT2D eigenvalue weighted by atomic mass is 16.5. The van der Waals surface area contributed by atoms with Gasteiger partial charge >= 0.3 is 5.97 Å². The van der Waals surface area contributed by atoms with E-state index in [9.17, 15) is 4.79 Å². The number of hydrogen-bond acceptors (Lipinski definition) is 2. The summed E-state index contributed by atoms with van der Waals surface area (Å²) in [7, 11) is 0. The van der Waals surface area contributed by atoms with Crippen LogP contribution in [0, 0.1) is 0 Å². The van der Waals surface area contributed by atoms with Crippen LogP contribution in [-0.4, -0.2) is 12.6 Å². The number of hydrogen-bond donors (Lipinski definition) is 0. The number of fused-ring (bicyclic) bond motifs is 1. The van der Waals surface area contributed by atoms with Crippen LogP contribution in [0.1, 0.15) is 31.7 Å². The molecule has 0 spiro atoms. The minimum Gasteiger partial charge on any atom is -0.465 e. The standard InChI is InChI=1S/C17H20O2/c1-2-3-8-17(18)19-12-11-14-9-10-15-6-4-5-7-16(15)13-14/h4-7,9-10,13H,2-3,8,11-12H2,1H3. The van der Waals surface area contributed by atoms with Gasteiger partial charge in [0, 0.05) is 12.8 Å². The van der Waals surface area contributed by atoms with Crippen LogP contribution in [0.15, 0.2) is 42.5 Å². The van der Waals surface area contributed by atoms with Crippen molar-refractivity contribution in [2.75, 3.05) is 6.61 Å². The molecular formula is C17H20O2. The summed E-state index contributed by atoms with van der Waals surface area (Å²) in [5, 5.41) is 2.48. The molecule has 0 aromatic heterocycles. The Labute approximate surface area is 114 Å². The van der Waals surface area contributed by atoms with E-state index < -0.39 is 0 Å². The van der Waals surface area contributed by atoms with Crippen molar-refractivity contribution < 1.29 is 9.53 Å². The summed E-state index contributed by atoms with van der Waals surface area (Å²) in [5.74, 6) is -0.0809. The summed E-state index contributed by atoms with van der Waals surface area (Å²) in [6.45, 7) is 2.54. The summed E-state index contributed by atoms with van der Waals surface area (Å²) >= 11 is 0. The maximum absolute atomic E-state index is 11.4. The molecule has 0 saturated carbocycles. The van der Waals surface area contributed by atoms with Crippen molar-refractivity contribution in [1.82, 2.24) is 0 Å². The van der Waals surface area contributed by atoms with Crippen molar-refractivity contribution in [1.29, 1.82) is 0 Å². The van der Waals surface area contributed by atoms with Crippen LogP contribution in [0.4, 0.5) is 0 Å². The van der Waals surface area contributed by atoms with E-state index in [0.717, 1.165) is 19.3 Å². The normalized spacial score (nSPS) is 10.6. The summed E-state index contributed by atoms with van der Waals surface area (Å²) < 4.78 is 5.22. The van der Waals surface area contributed by atoms with E-state index in [1.54, 1.807) is 0 Å². The Balaban J connectivity index is 1.86. The van der Waals surface area contributed by atoms with E-state index in [1.807, 2.05) is 12.1 Å². The first-order valence-corrected chi connectivity index (χ1v) is 6.93. The molecule has 0 saturated heterocycles. The number of esters is 1. The molecule has 0 heterocycles. The number of ether oxygens (including phenoxy) is 1. The van der Waals surface area contributed by atoms with Crippen molar-refractivity contribution >= 4 is 16.7 Å². The van der Waals surface area contributed by atoms with Gasteiger partial charge in [0.2, 0.25) is 0 Å². The Bertz CT molecular complexity index is 546. The Morgan fingerprint density at radius 1 is 1.11 bits per heavy atom. The van der Waals surface area contributed by atoms with E-state index >= 15 is 0 Å². The van der Waals surface area contributed by atoms with Gasteiger partial charge in [0.15, 0.2) is 0 Å². The number of unbranched alkanes of at least 4 members (excludes halogenated alkanes) is 1. The zero-order chi connectivity index (χ0) is 13.5. The fourth-order valence-electron chi connectivity index (χ4n) is 2.07. The monoisotopic (exact) mass is 256 g/mol. The summed E-state index contributed by atoms with van der Waals surface area (Å²) in [5.41, 5.74) is 1.21. The Kier molecular flexibility index (Phi) is 4.96. The lowest BCUT2D eigenvalue weighted by Crippen LogP contribution is -2.07. The third kappa shape index (κ3) is 4.09. The quantitative estimate of drug-likeness (QED) is 0.727. The lowest BCUT2D eigenvalue weighted by molar-refractivity contribution is -0.143. The van der Waals surface area contributed by atoms with Gasteiger partial charge in [-0.2, -0.15) is 0 Å². The highest BCUT2D eigenvalue weighted by molar-refractivity contribution is 5.83. The zero-order valence-corrected chi connectivity index (χ0v) is 11.4. The third-order valence-electron chi connectivity index (χ3n) is 3.20. The topological polar surface area (TPSA) is 26.3 Å². The number of carbonyl (C=O) groups is 1. The van der Waals surface area contributed by atoms with E-state index in [1.165, 1.54) is 16.3 Å². The molecule has 0 aliphatic heterocycles. The summed E-state index contributed by atoms with van der Waals surface area (Å²) in [6.07, 6.45) is 3.26. The largest absolute Gasteiger partial charge is 0.465 e. The van der Waals surface area contributed by atoms with Gasteiger partial charge in [0.05, 0.1) is 6.61 Å². The van der Waals surface area contributed by atoms with Gasteiger partial charge in [0.1, 0.15) is 0 Å². The van der Waals surface area contributed by atoms with Gasteiger partial charge in [-0.3, -0.25) is 4.79 Å². The Morgan fingerprint density at radius 3 is 2.68 bits per heavy atom. The van der Waals surface area contributed by atoms with Crippen molar-refractivity contribution in [3.63, 3.8) is 0 Å². The van der Waals surface area contributed by atoms with Gasteiger partial charge in [-0.1, -0.05) is 55.8 Å². The molecular weight excluding hydrogens is 236 g/mol. The molecule has 0 bridgehead atoms. The maximum Gasteiger partial charge on any atom is 0.305 e. The molecule has 0 aliphatic carbocycles. The lowest BCUT2D eigenvalue weighted by Gasteiger charge is -2.06. The first kappa shape index (κ1) is 13.6.